The van der Waals surface area contributed by atoms with Gasteiger partial charge in [0.2, 0.25) is 0 Å². The summed E-state index contributed by atoms with van der Waals surface area (Å²) in [6, 6.07) is 2.84. The third-order valence-electron chi connectivity index (χ3n) is 6.22. The first-order valence-corrected chi connectivity index (χ1v) is 8.27. The van der Waals surface area contributed by atoms with Crippen molar-refractivity contribution < 1.29 is 0 Å². The van der Waals surface area contributed by atoms with Gasteiger partial charge in [0.1, 0.15) is 0 Å². The third kappa shape index (κ3) is 1.92. The molecule has 108 valence electrons. The van der Waals surface area contributed by atoms with Crippen LogP contribution in [0.4, 0.5) is 0 Å². The van der Waals surface area contributed by atoms with E-state index in [0.29, 0.717) is 11.5 Å². The van der Waals surface area contributed by atoms with Crippen molar-refractivity contribution in [2.75, 3.05) is 7.05 Å². The standard InChI is InChI=1S/C18H26N2/c1-12-3-16(11-20-10-12)17(19-2)18-7-13-4-14(8-18)6-15(5-13)9-18/h3,10-11,13-15,17,19H,4-9H2,1-2H3. The summed E-state index contributed by atoms with van der Waals surface area (Å²) in [5.41, 5.74) is 3.21. The van der Waals surface area contributed by atoms with Crippen molar-refractivity contribution in [3.05, 3.63) is 29.6 Å². The summed E-state index contributed by atoms with van der Waals surface area (Å²) < 4.78 is 0. The van der Waals surface area contributed by atoms with E-state index >= 15 is 0 Å². The van der Waals surface area contributed by atoms with Gasteiger partial charge in [-0.2, -0.15) is 0 Å². The SMILES string of the molecule is CNC(c1cncc(C)c1)C12CC3CC(CC(C3)C1)C2. The maximum Gasteiger partial charge on any atom is 0.0390 e. The molecule has 5 rings (SSSR count). The monoisotopic (exact) mass is 270 g/mol. The average Bonchev–Trinajstić information content (AvgIpc) is 2.37. The van der Waals surface area contributed by atoms with Crippen LogP contribution >= 0.6 is 0 Å². The fraction of sp³-hybridized carbons (Fsp3) is 0.722. The highest BCUT2D eigenvalue weighted by Crippen LogP contribution is 2.63. The Labute approximate surface area is 122 Å². The van der Waals surface area contributed by atoms with Crippen molar-refractivity contribution in [2.45, 2.75) is 51.5 Å². The minimum atomic E-state index is 0.503. The molecule has 1 N–H and O–H groups in total. The van der Waals surface area contributed by atoms with Gasteiger partial charge in [0.25, 0.3) is 0 Å². The molecule has 1 aromatic rings. The van der Waals surface area contributed by atoms with Gasteiger partial charge in [-0.05, 0) is 86.8 Å². The highest BCUT2D eigenvalue weighted by molar-refractivity contribution is 5.24. The molecule has 4 aliphatic rings. The highest BCUT2D eigenvalue weighted by atomic mass is 14.9. The lowest BCUT2D eigenvalue weighted by Crippen LogP contribution is -2.51. The molecule has 0 amide bonds. The van der Waals surface area contributed by atoms with Gasteiger partial charge in [-0.3, -0.25) is 4.98 Å². The van der Waals surface area contributed by atoms with E-state index in [1.54, 1.807) is 0 Å². The summed E-state index contributed by atoms with van der Waals surface area (Å²) in [4.78, 5) is 4.44. The molecule has 0 saturated heterocycles. The van der Waals surface area contributed by atoms with Gasteiger partial charge < -0.3 is 5.32 Å². The Morgan fingerprint density at radius 3 is 2.20 bits per heavy atom. The van der Waals surface area contributed by atoms with Crippen molar-refractivity contribution in [1.82, 2.24) is 10.3 Å². The number of hydrogen-bond acceptors (Lipinski definition) is 2. The molecule has 4 bridgehead atoms. The predicted molar refractivity (Wildman–Crippen MR) is 81.4 cm³/mol. The molecular weight excluding hydrogens is 244 g/mol. The Bertz CT molecular complexity index is 473. The topological polar surface area (TPSA) is 24.9 Å². The normalized spacial score (nSPS) is 40.0. The van der Waals surface area contributed by atoms with Crippen LogP contribution in [0.15, 0.2) is 18.5 Å². The first-order chi connectivity index (χ1) is 9.68. The van der Waals surface area contributed by atoms with Gasteiger partial charge in [0.05, 0.1) is 0 Å². The van der Waals surface area contributed by atoms with Gasteiger partial charge in [-0.15, -0.1) is 0 Å². The number of pyridine rings is 1. The molecule has 20 heavy (non-hydrogen) atoms. The summed E-state index contributed by atoms with van der Waals surface area (Å²) in [7, 11) is 2.14. The van der Waals surface area contributed by atoms with Crippen LogP contribution in [0.2, 0.25) is 0 Å². The number of nitrogens with zero attached hydrogens (tertiary/aromatic N) is 1. The van der Waals surface area contributed by atoms with Crippen LogP contribution in [0.3, 0.4) is 0 Å². The van der Waals surface area contributed by atoms with Gasteiger partial charge in [0, 0.05) is 18.4 Å². The Hall–Kier alpha value is -0.890. The molecule has 1 atom stereocenters. The number of nitrogens with one attached hydrogen (secondary N) is 1. The fourth-order valence-corrected chi connectivity index (χ4v) is 6.09. The molecule has 2 heteroatoms. The van der Waals surface area contributed by atoms with Gasteiger partial charge >= 0.3 is 0 Å². The number of hydrogen-bond donors (Lipinski definition) is 1. The van der Waals surface area contributed by atoms with Crippen molar-refractivity contribution in [3.8, 4) is 0 Å². The summed E-state index contributed by atoms with van der Waals surface area (Å²) in [5.74, 6) is 3.03. The molecule has 4 aliphatic carbocycles. The fourth-order valence-electron chi connectivity index (χ4n) is 6.09. The van der Waals surface area contributed by atoms with Gasteiger partial charge in [-0.25, -0.2) is 0 Å². The second-order valence-electron chi connectivity index (χ2n) is 7.80. The molecule has 0 spiro atoms. The van der Waals surface area contributed by atoms with Gasteiger partial charge in [0.15, 0.2) is 0 Å². The van der Waals surface area contributed by atoms with Crippen LogP contribution in [-0.2, 0) is 0 Å². The maximum absolute atomic E-state index is 4.44. The summed E-state index contributed by atoms with van der Waals surface area (Å²) in [5, 5.41) is 3.66. The summed E-state index contributed by atoms with van der Waals surface area (Å²) in [6.07, 6.45) is 12.9. The number of aryl methyl sites for hydroxylation is 1. The van der Waals surface area contributed by atoms with Crippen LogP contribution < -0.4 is 5.32 Å². The molecule has 1 aromatic heterocycles. The zero-order chi connectivity index (χ0) is 13.7. The zero-order valence-electron chi connectivity index (χ0n) is 12.7. The van der Waals surface area contributed by atoms with Crippen molar-refractivity contribution in [2.24, 2.45) is 23.2 Å². The molecule has 0 aliphatic heterocycles. The molecule has 0 aromatic carbocycles. The Morgan fingerprint density at radius 2 is 1.70 bits per heavy atom. The van der Waals surface area contributed by atoms with E-state index in [1.807, 2.05) is 6.20 Å². The lowest BCUT2D eigenvalue weighted by atomic mass is 9.47. The average molecular weight is 270 g/mol. The second-order valence-corrected chi connectivity index (χ2v) is 7.80. The summed E-state index contributed by atoms with van der Waals surface area (Å²) >= 11 is 0. The van der Waals surface area contributed by atoms with Gasteiger partial charge in [-0.1, -0.05) is 6.07 Å². The van der Waals surface area contributed by atoms with E-state index in [9.17, 15) is 0 Å². The lowest BCUT2D eigenvalue weighted by molar-refractivity contribution is -0.0736. The van der Waals surface area contributed by atoms with Crippen LogP contribution in [0.25, 0.3) is 0 Å². The van der Waals surface area contributed by atoms with E-state index in [4.69, 9.17) is 0 Å². The molecular formula is C18H26N2. The third-order valence-corrected chi connectivity index (χ3v) is 6.22. The van der Waals surface area contributed by atoms with Crippen molar-refractivity contribution in [1.29, 1.82) is 0 Å². The van der Waals surface area contributed by atoms with E-state index < -0.39 is 0 Å². The molecule has 4 saturated carbocycles. The molecule has 4 fully saturated rings. The quantitative estimate of drug-likeness (QED) is 0.902. The van der Waals surface area contributed by atoms with Crippen LogP contribution in [0.1, 0.15) is 55.7 Å². The van der Waals surface area contributed by atoms with E-state index in [2.05, 4.69) is 36.5 Å². The predicted octanol–water partition coefficient (Wildman–Crippen LogP) is 3.87. The first kappa shape index (κ1) is 12.8. The second kappa shape index (κ2) is 4.56. The minimum Gasteiger partial charge on any atom is -0.312 e. The van der Waals surface area contributed by atoms with E-state index in [1.165, 1.54) is 49.7 Å². The molecule has 2 nitrogen and oxygen atoms in total. The zero-order valence-corrected chi connectivity index (χ0v) is 12.7. The Kier molecular flexibility index (Phi) is 2.92. The Balaban J connectivity index is 1.70. The largest absolute Gasteiger partial charge is 0.312 e. The number of rotatable bonds is 3. The molecule has 1 heterocycles. The molecule has 0 radical (unpaired) electrons. The first-order valence-electron chi connectivity index (χ1n) is 8.27. The Morgan fingerprint density at radius 1 is 1.10 bits per heavy atom. The van der Waals surface area contributed by atoms with Crippen LogP contribution in [-0.4, -0.2) is 12.0 Å². The minimum absolute atomic E-state index is 0.503. The van der Waals surface area contributed by atoms with E-state index in [0.717, 1.165) is 17.8 Å². The number of aromatic nitrogens is 1. The van der Waals surface area contributed by atoms with E-state index in [-0.39, 0.29) is 0 Å². The smallest absolute Gasteiger partial charge is 0.0390 e. The van der Waals surface area contributed by atoms with Crippen molar-refractivity contribution in [3.63, 3.8) is 0 Å². The summed E-state index contributed by atoms with van der Waals surface area (Å²) in [6.45, 7) is 2.16. The van der Waals surface area contributed by atoms with Crippen molar-refractivity contribution >= 4 is 0 Å². The molecule has 1 unspecified atom stereocenters. The van der Waals surface area contributed by atoms with Crippen LogP contribution in [0, 0.1) is 30.1 Å². The highest BCUT2D eigenvalue weighted by Gasteiger charge is 2.54. The lowest BCUT2D eigenvalue weighted by Gasteiger charge is -2.59. The maximum atomic E-state index is 4.44. The van der Waals surface area contributed by atoms with Crippen LogP contribution in [0.5, 0.6) is 0 Å².